The van der Waals surface area contributed by atoms with Gasteiger partial charge in [0.25, 0.3) is 0 Å². The molecule has 40 heavy (non-hydrogen) atoms. The Hall–Kier alpha value is -2.77. The monoisotopic (exact) mass is 541 g/mol. The average Bonchev–Trinajstić information content (AvgIpc) is 2.96. The number of aldehydes is 3. The van der Waals surface area contributed by atoms with Gasteiger partial charge in [-0.2, -0.15) is 0 Å². The van der Waals surface area contributed by atoms with Crippen LogP contribution in [0.1, 0.15) is 53.6 Å². The number of carbonyl (C=O) groups excluding carboxylic acids is 3. The molecule has 1 saturated heterocycles. The number of piperazine rings is 1. The van der Waals surface area contributed by atoms with Gasteiger partial charge in [-0.3, -0.25) is 14.6 Å². The number of anilines is 1. The summed E-state index contributed by atoms with van der Waals surface area (Å²) in [6.45, 7) is 5.38. The van der Waals surface area contributed by atoms with E-state index in [1.165, 1.54) is 16.4 Å². The Bertz CT molecular complexity index is 1160. The van der Waals surface area contributed by atoms with E-state index < -0.39 is 0 Å². The van der Waals surface area contributed by atoms with E-state index in [4.69, 9.17) is 0 Å². The van der Waals surface area contributed by atoms with Gasteiger partial charge in [0.2, 0.25) is 0 Å². The van der Waals surface area contributed by atoms with Crippen LogP contribution >= 0.6 is 0 Å². The van der Waals surface area contributed by atoms with Crippen molar-refractivity contribution in [2.75, 3.05) is 44.7 Å². The second-order valence-electron chi connectivity index (χ2n) is 11.3. The van der Waals surface area contributed by atoms with Crippen LogP contribution in [0.5, 0.6) is 5.75 Å². The van der Waals surface area contributed by atoms with E-state index in [0.29, 0.717) is 30.7 Å². The molecule has 0 aliphatic carbocycles. The molecule has 1 N–H and O–H groups in total. The predicted molar refractivity (Wildman–Crippen MR) is 175 cm³/mol. The fourth-order valence-corrected chi connectivity index (χ4v) is 5.87. The van der Waals surface area contributed by atoms with Crippen molar-refractivity contribution in [2.45, 2.75) is 51.1 Å². The van der Waals surface area contributed by atoms with E-state index in [1.807, 2.05) is 31.9 Å². The number of hydrogen-bond acceptors (Lipinski definition) is 7. The molecule has 2 aromatic carbocycles. The summed E-state index contributed by atoms with van der Waals surface area (Å²) in [6.07, 6.45) is 7.61. The van der Waals surface area contributed by atoms with Crippen LogP contribution in [-0.4, -0.2) is 111 Å². The van der Waals surface area contributed by atoms with Crippen molar-refractivity contribution in [3.8, 4) is 5.75 Å². The number of carbonyl (C=O) groups is 3. The van der Waals surface area contributed by atoms with Crippen molar-refractivity contribution in [3.05, 3.63) is 34.9 Å². The third kappa shape index (κ3) is 7.70. The molecule has 0 spiro atoms. The van der Waals surface area contributed by atoms with E-state index in [2.05, 4.69) is 39.4 Å². The molecule has 0 saturated carbocycles. The van der Waals surface area contributed by atoms with Crippen LogP contribution in [0, 0.1) is 0 Å². The van der Waals surface area contributed by atoms with Gasteiger partial charge in [-0.05, 0) is 50.4 Å². The van der Waals surface area contributed by atoms with Crippen LogP contribution in [0.4, 0.5) is 5.69 Å². The molecule has 3 rings (SSSR count). The zero-order chi connectivity index (χ0) is 29.2. The number of benzene rings is 2. The highest BCUT2D eigenvalue weighted by molar-refractivity contribution is 6.64. The van der Waals surface area contributed by atoms with Gasteiger partial charge in [0.05, 0.1) is 11.7 Å². The molecule has 1 heterocycles. The zero-order valence-electron chi connectivity index (χ0n) is 25.0. The lowest BCUT2D eigenvalue weighted by Crippen LogP contribution is -2.53. The maximum atomic E-state index is 11.8. The third-order valence-electron chi connectivity index (χ3n) is 8.88. The topological polar surface area (TPSA) is 81.2 Å². The lowest BCUT2D eigenvalue weighted by molar-refractivity contribution is -0.113. The maximum absolute atomic E-state index is 11.8. The molecule has 1 unspecified atom stereocenters. The van der Waals surface area contributed by atoms with Gasteiger partial charge in [0.1, 0.15) is 56.0 Å². The summed E-state index contributed by atoms with van der Waals surface area (Å²) < 4.78 is 0. The van der Waals surface area contributed by atoms with Crippen LogP contribution in [0.15, 0.2) is 18.2 Å². The van der Waals surface area contributed by atoms with Crippen LogP contribution < -0.4 is 26.8 Å². The minimum atomic E-state index is -0.342. The standard InChI is InChI=1S/C29H43B4N3O4/c1-34(22(19-39)10-6-16-37)17-23-20(8-5-9-21(23)18-38)7-3-2-4-11-35-12-14-36(15-13-35)28-26(32)24(30)25(31)27(33)29(28)40/h5,8-9,16,18-19,22,40H,2-4,6-7,10-15,17,30-33H2,1H3. The minimum Gasteiger partial charge on any atom is -0.506 e. The van der Waals surface area contributed by atoms with E-state index in [9.17, 15) is 19.5 Å². The van der Waals surface area contributed by atoms with Gasteiger partial charge in [0.15, 0.2) is 0 Å². The molecule has 1 aliphatic rings. The van der Waals surface area contributed by atoms with Crippen LogP contribution in [0.3, 0.4) is 0 Å². The number of phenols is 1. The first kappa shape index (κ1) is 31.8. The number of hydrogen-bond donors (Lipinski definition) is 1. The molecule has 11 heteroatoms. The Morgan fingerprint density at radius 2 is 1.65 bits per heavy atom. The molecule has 210 valence electrons. The SMILES string of the molecule is Bc1c(B)c(B)c(N2CCN(CCCCCc3cccc(C=O)c3CN(C)C(C=O)CCC=O)CC2)c(O)c1B. The van der Waals surface area contributed by atoms with E-state index in [1.54, 1.807) is 0 Å². The Morgan fingerprint density at radius 1 is 0.950 bits per heavy atom. The molecule has 1 fully saturated rings. The smallest absolute Gasteiger partial charge is 0.150 e. The van der Waals surface area contributed by atoms with Gasteiger partial charge in [-0.25, -0.2) is 0 Å². The molecular weight excluding hydrogens is 498 g/mol. The number of phenolic OH excluding ortho intramolecular Hbond substituents is 1. The maximum Gasteiger partial charge on any atom is 0.150 e. The molecular formula is C29H43B4N3O4. The van der Waals surface area contributed by atoms with Crippen LogP contribution in [0.2, 0.25) is 0 Å². The molecule has 1 aliphatic heterocycles. The molecule has 2 aromatic rings. The number of aryl methyl sites for hydroxylation is 1. The number of rotatable bonds is 15. The lowest BCUT2D eigenvalue weighted by Gasteiger charge is -2.38. The van der Waals surface area contributed by atoms with Gasteiger partial charge < -0.3 is 19.6 Å². The minimum absolute atomic E-state index is 0.342. The Balaban J connectivity index is 1.49. The highest BCUT2D eigenvalue weighted by Gasteiger charge is 2.23. The number of likely N-dealkylation sites (N-methyl/N-ethyl adjacent to an activating group) is 1. The van der Waals surface area contributed by atoms with Crippen molar-refractivity contribution in [3.63, 3.8) is 0 Å². The third-order valence-corrected chi connectivity index (χ3v) is 8.88. The van der Waals surface area contributed by atoms with Crippen molar-refractivity contribution < 1.29 is 19.5 Å². The van der Waals surface area contributed by atoms with Crippen molar-refractivity contribution in [1.82, 2.24) is 9.80 Å². The van der Waals surface area contributed by atoms with Gasteiger partial charge in [-0.15, -0.1) is 0 Å². The lowest BCUT2D eigenvalue weighted by atomic mass is 9.65. The molecule has 0 aromatic heterocycles. The summed E-state index contributed by atoms with van der Waals surface area (Å²) >= 11 is 0. The summed E-state index contributed by atoms with van der Waals surface area (Å²) in [5, 5.41) is 10.9. The summed E-state index contributed by atoms with van der Waals surface area (Å²) in [5.74, 6) is 0.431. The highest BCUT2D eigenvalue weighted by Crippen LogP contribution is 2.23. The van der Waals surface area contributed by atoms with E-state index in [-0.39, 0.29) is 6.04 Å². The first-order chi connectivity index (χ1) is 19.2. The molecule has 1 atom stereocenters. The van der Waals surface area contributed by atoms with E-state index >= 15 is 0 Å². The van der Waals surface area contributed by atoms with Gasteiger partial charge in [-0.1, -0.05) is 46.5 Å². The second kappa shape index (κ2) is 15.3. The molecule has 7 nitrogen and oxygen atoms in total. The average molecular weight is 541 g/mol. The van der Waals surface area contributed by atoms with Crippen molar-refractivity contribution in [2.24, 2.45) is 0 Å². The normalized spacial score (nSPS) is 14.8. The van der Waals surface area contributed by atoms with Crippen LogP contribution in [0.25, 0.3) is 0 Å². The Kier molecular flexibility index (Phi) is 12.1. The van der Waals surface area contributed by atoms with Gasteiger partial charge >= 0.3 is 0 Å². The first-order valence-electron chi connectivity index (χ1n) is 14.6. The molecule has 0 bridgehead atoms. The van der Waals surface area contributed by atoms with Gasteiger partial charge in [0, 0.05) is 44.7 Å². The zero-order valence-corrected chi connectivity index (χ0v) is 25.0. The summed E-state index contributed by atoms with van der Waals surface area (Å²) in [7, 11) is 10.2. The van der Waals surface area contributed by atoms with Crippen molar-refractivity contribution >= 4 is 77.8 Å². The number of unbranched alkanes of at least 4 members (excludes halogenated alkanes) is 2. The second-order valence-corrected chi connectivity index (χ2v) is 11.3. The van der Waals surface area contributed by atoms with Crippen LogP contribution in [-0.2, 0) is 22.6 Å². The highest BCUT2D eigenvalue weighted by atomic mass is 16.3. The molecule has 0 radical (unpaired) electrons. The first-order valence-corrected chi connectivity index (χ1v) is 14.6. The quantitative estimate of drug-likeness (QED) is 0.144. The summed E-state index contributed by atoms with van der Waals surface area (Å²) in [5.41, 5.74) is 8.41. The fourth-order valence-electron chi connectivity index (χ4n) is 5.87. The summed E-state index contributed by atoms with van der Waals surface area (Å²) in [4.78, 5) is 40.9. The summed E-state index contributed by atoms with van der Waals surface area (Å²) in [6, 6.07) is 5.51. The molecule has 0 amide bonds. The number of nitrogens with zero attached hydrogens (tertiary/aromatic N) is 3. The number of aromatic hydroxyl groups is 1. The predicted octanol–water partition coefficient (Wildman–Crippen LogP) is -3.25. The largest absolute Gasteiger partial charge is 0.506 e. The Morgan fingerprint density at radius 3 is 2.30 bits per heavy atom. The van der Waals surface area contributed by atoms with E-state index in [0.717, 1.165) is 99.5 Å². The fraction of sp³-hybridized carbons (Fsp3) is 0.483. The van der Waals surface area contributed by atoms with Crippen molar-refractivity contribution in [1.29, 1.82) is 0 Å². The Labute approximate surface area is 243 Å².